The van der Waals surface area contributed by atoms with Crippen LogP contribution in [-0.2, 0) is 4.79 Å². The predicted octanol–water partition coefficient (Wildman–Crippen LogP) is 4.82. The van der Waals surface area contributed by atoms with E-state index in [1.165, 1.54) is 0 Å². The van der Waals surface area contributed by atoms with Crippen LogP contribution >= 0.6 is 11.6 Å². The van der Waals surface area contributed by atoms with Gasteiger partial charge in [0, 0.05) is 17.5 Å². The summed E-state index contributed by atoms with van der Waals surface area (Å²) < 4.78 is 7.58. The van der Waals surface area contributed by atoms with Gasteiger partial charge in [0.05, 0.1) is 22.5 Å². The molecule has 9 heteroatoms. The minimum Gasteiger partial charge on any atom is -0.464 e. The van der Waals surface area contributed by atoms with Crippen molar-refractivity contribution in [1.82, 2.24) is 19.7 Å². The summed E-state index contributed by atoms with van der Waals surface area (Å²) >= 11 is 6.37. The van der Waals surface area contributed by atoms with Gasteiger partial charge < -0.3 is 15.1 Å². The number of anilines is 2. The fraction of sp³-hybridized carbons (Fsp3) is 0.130. The second-order valence-electron chi connectivity index (χ2n) is 7.39. The Labute approximate surface area is 189 Å². The number of nitrogens with zero attached hydrogens (tertiary/aromatic N) is 4. The van der Waals surface area contributed by atoms with Crippen molar-refractivity contribution < 1.29 is 9.21 Å². The lowest BCUT2D eigenvalue weighted by Gasteiger charge is -2.27. The standard InChI is InChI=1S/C23H19ClN6O2/c1-13-9-10-18(32-13)20-19(22(31)27-15-6-5-11-25-12-15)14(2)26-23-28-21(29-30(20)23)16-7-3-4-8-17(16)24/h3-12,20H,1-2H3,(H,27,31)(H,26,28,29). The molecule has 2 N–H and O–H groups in total. The van der Waals surface area contributed by atoms with Crippen LogP contribution in [0.1, 0.15) is 24.5 Å². The molecular weight excluding hydrogens is 428 g/mol. The first-order valence-electron chi connectivity index (χ1n) is 9.98. The lowest BCUT2D eigenvalue weighted by molar-refractivity contribution is -0.113. The van der Waals surface area contributed by atoms with E-state index in [4.69, 9.17) is 21.1 Å². The highest BCUT2D eigenvalue weighted by molar-refractivity contribution is 6.33. The number of hydrogen-bond donors (Lipinski definition) is 2. The first-order valence-corrected chi connectivity index (χ1v) is 10.4. The molecule has 0 aliphatic carbocycles. The number of nitrogens with one attached hydrogen (secondary N) is 2. The average Bonchev–Trinajstić information content (AvgIpc) is 3.39. The Morgan fingerprint density at radius 1 is 1.16 bits per heavy atom. The highest BCUT2D eigenvalue weighted by atomic mass is 35.5. The van der Waals surface area contributed by atoms with E-state index in [0.717, 1.165) is 5.76 Å². The molecule has 1 atom stereocenters. The highest BCUT2D eigenvalue weighted by Gasteiger charge is 2.36. The number of pyridine rings is 1. The Morgan fingerprint density at radius 3 is 2.72 bits per heavy atom. The van der Waals surface area contributed by atoms with Crippen LogP contribution in [0.3, 0.4) is 0 Å². The second kappa shape index (κ2) is 7.97. The van der Waals surface area contributed by atoms with E-state index in [0.29, 0.717) is 45.1 Å². The van der Waals surface area contributed by atoms with E-state index >= 15 is 0 Å². The minimum atomic E-state index is -0.611. The van der Waals surface area contributed by atoms with Crippen LogP contribution in [0.15, 0.2) is 76.6 Å². The van der Waals surface area contributed by atoms with E-state index < -0.39 is 6.04 Å². The van der Waals surface area contributed by atoms with Crippen molar-refractivity contribution in [3.8, 4) is 11.4 Å². The summed E-state index contributed by atoms with van der Waals surface area (Å²) in [6.07, 6.45) is 3.24. The van der Waals surface area contributed by atoms with Gasteiger partial charge in [0.25, 0.3) is 5.91 Å². The summed E-state index contributed by atoms with van der Waals surface area (Å²) in [4.78, 5) is 22.0. The summed E-state index contributed by atoms with van der Waals surface area (Å²) in [6.45, 7) is 3.68. The molecule has 8 nitrogen and oxygen atoms in total. The lowest BCUT2D eigenvalue weighted by Crippen LogP contribution is -2.31. The molecule has 1 aliphatic heterocycles. The van der Waals surface area contributed by atoms with Crippen molar-refractivity contribution in [2.24, 2.45) is 0 Å². The average molecular weight is 447 g/mol. The number of furan rings is 1. The summed E-state index contributed by atoms with van der Waals surface area (Å²) in [5, 5.41) is 11.3. The van der Waals surface area contributed by atoms with Gasteiger partial charge in [0.15, 0.2) is 5.82 Å². The summed E-state index contributed by atoms with van der Waals surface area (Å²) in [5.41, 5.74) is 2.40. The zero-order valence-electron chi connectivity index (χ0n) is 17.3. The van der Waals surface area contributed by atoms with E-state index in [1.54, 1.807) is 35.3 Å². The third-order valence-electron chi connectivity index (χ3n) is 5.16. The van der Waals surface area contributed by atoms with Crippen LogP contribution in [0.25, 0.3) is 11.4 Å². The Balaban J connectivity index is 1.61. The molecule has 0 saturated carbocycles. The van der Waals surface area contributed by atoms with Crippen molar-refractivity contribution in [2.75, 3.05) is 10.6 Å². The zero-order valence-corrected chi connectivity index (χ0v) is 18.1. The maximum Gasteiger partial charge on any atom is 0.256 e. The van der Waals surface area contributed by atoms with Crippen LogP contribution in [-0.4, -0.2) is 25.7 Å². The fourth-order valence-corrected chi connectivity index (χ4v) is 3.92. The van der Waals surface area contributed by atoms with Gasteiger partial charge in [0.1, 0.15) is 17.6 Å². The molecule has 4 heterocycles. The number of amides is 1. The van der Waals surface area contributed by atoms with Crippen LogP contribution in [0.2, 0.25) is 5.02 Å². The minimum absolute atomic E-state index is 0.289. The fourth-order valence-electron chi connectivity index (χ4n) is 3.70. The molecule has 160 valence electrons. The smallest absolute Gasteiger partial charge is 0.256 e. The molecule has 0 saturated heterocycles. The van der Waals surface area contributed by atoms with Gasteiger partial charge in [-0.3, -0.25) is 9.78 Å². The SMILES string of the molecule is CC1=C(C(=O)Nc2cccnc2)C(c2ccc(C)o2)n2nc(-c3ccccc3Cl)nc2N1. The van der Waals surface area contributed by atoms with Gasteiger partial charge in [0.2, 0.25) is 5.95 Å². The molecule has 1 unspecified atom stereocenters. The molecule has 0 radical (unpaired) electrons. The normalized spacial score (nSPS) is 15.3. The lowest BCUT2D eigenvalue weighted by atomic mass is 10.00. The molecule has 3 aromatic heterocycles. The number of carbonyl (C=O) groups excluding carboxylic acids is 1. The van der Waals surface area contributed by atoms with Gasteiger partial charge in [-0.25, -0.2) is 4.68 Å². The van der Waals surface area contributed by atoms with Gasteiger partial charge in [-0.2, -0.15) is 4.98 Å². The number of allylic oxidation sites excluding steroid dienone is 1. The molecular formula is C23H19ClN6O2. The molecule has 0 fully saturated rings. The number of rotatable bonds is 4. The van der Waals surface area contributed by atoms with Crippen LogP contribution in [0, 0.1) is 6.92 Å². The third kappa shape index (κ3) is 3.54. The zero-order chi connectivity index (χ0) is 22.2. The molecule has 32 heavy (non-hydrogen) atoms. The molecule has 0 bridgehead atoms. The van der Waals surface area contributed by atoms with Crippen LogP contribution in [0.4, 0.5) is 11.6 Å². The van der Waals surface area contributed by atoms with Gasteiger partial charge in [-0.15, -0.1) is 5.10 Å². The van der Waals surface area contributed by atoms with Crippen molar-refractivity contribution in [3.63, 3.8) is 0 Å². The van der Waals surface area contributed by atoms with Crippen LogP contribution < -0.4 is 10.6 Å². The van der Waals surface area contributed by atoms with Crippen LogP contribution in [0.5, 0.6) is 0 Å². The number of hydrogen-bond acceptors (Lipinski definition) is 6. The Morgan fingerprint density at radius 2 is 2.00 bits per heavy atom. The molecule has 1 aromatic carbocycles. The Bertz CT molecular complexity index is 1340. The molecule has 1 aliphatic rings. The monoisotopic (exact) mass is 446 g/mol. The van der Waals surface area contributed by atoms with E-state index in [9.17, 15) is 4.79 Å². The van der Waals surface area contributed by atoms with Crippen molar-refractivity contribution in [2.45, 2.75) is 19.9 Å². The number of carbonyl (C=O) groups is 1. The van der Waals surface area contributed by atoms with Crippen molar-refractivity contribution in [3.05, 3.63) is 88.7 Å². The third-order valence-corrected chi connectivity index (χ3v) is 5.49. The second-order valence-corrected chi connectivity index (χ2v) is 7.80. The first kappa shape index (κ1) is 20.0. The number of aryl methyl sites for hydroxylation is 1. The molecule has 0 spiro atoms. The van der Waals surface area contributed by atoms with E-state index in [2.05, 4.69) is 20.6 Å². The predicted molar refractivity (Wildman–Crippen MR) is 121 cm³/mol. The molecule has 5 rings (SSSR count). The highest BCUT2D eigenvalue weighted by Crippen LogP contribution is 2.38. The number of aromatic nitrogens is 4. The van der Waals surface area contributed by atoms with Gasteiger partial charge in [-0.05, 0) is 50.2 Å². The molecule has 4 aromatic rings. The topological polar surface area (TPSA) is 97.9 Å². The largest absolute Gasteiger partial charge is 0.464 e. The quantitative estimate of drug-likeness (QED) is 0.466. The first-order chi connectivity index (χ1) is 15.5. The summed E-state index contributed by atoms with van der Waals surface area (Å²) in [6, 6.07) is 14.0. The summed E-state index contributed by atoms with van der Waals surface area (Å²) in [5.74, 6) is 1.97. The maximum absolute atomic E-state index is 13.3. The summed E-state index contributed by atoms with van der Waals surface area (Å²) in [7, 11) is 0. The Kier molecular flexibility index (Phi) is 4.99. The number of benzene rings is 1. The number of fused-ring (bicyclic) bond motifs is 1. The van der Waals surface area contributed by atoms with E-state index in [-0.39, 0.29) is 5.91 Å². The van der Waals surface area contributed by atoms with Gasteiger partial charge >= 0.3 is 0 Å². The number of halogens is 1. The molecule has 1 amide bonds. The van der Waals surface area contributed by atoms with E-state index in [1.807, 2.05) is 44.2 Å². The van der Waals surface area contributed by atoms with Gasteiger partial charge in [-0.1, -0.05) is 23.7 Å². The Hall–Kier alpha value is -3.91. The van der Waals surface area contributed by atoms with Crippen molar-refractivity contribution >= 4 is 29.1 Å². The maximum atomic E-state index is 13.3. The van der Waals surface area contributed by atoms with Crippen molar-refractivity contribution in [1.29, 1.82) is 0 Å².